The van der Waals surface area contributed by atoms with Gasteiger partial charge in [0.15, 0.2) is 0 Å². The Kier molecular flexibility index (Phi) is 6.14. The molecule has 10 heteroatoms. The van der Waals surface area contributed by atoms with E-state index in [1.165, 1.54) is 0 Å². The standard InChI is InChI=1S/C3H2BCl2N3O3.Na/c5-1-7-2(6)9-3(8-1)12-4(10)11;/h10-11H;. The third kappa shape index (κ3) is 4.97. The van der Waals surface area contributed by atoms with Gasteiger partial charge in [0.25, 0.3) is 0 Å². The van der Waals surface area contributed by atoms with E-state index in [2.05, 4.69) is 19.6 Å². The molecule has 1 aromatic heterocycles. The maximum absolute atomic E-state index is 8.33. The van der Waals surface area contributed by atoms with Gasteiger partial charge in [-0.3, -0.25) is 0 Å². The number of hydrogen-bond acceptors (Lipinski definition) is 6. The van der Waals surface area contributed by atoms with Crippen molar-refractivity contribution in [3.63, 3.8) is 0 Å². The van der Waals surface area contributed by atoms with Crippen LogP contribution in [0.2, 0.25) is 10.6 Å². The summed E-state index contributed by atoms with van der Waals surface area (Å²) in [5.41, 5.74) is 0. The molecular formula is C3H2BCl2N3NaO3. The molecule has 0 aliphatic heterocycles. The van der Waals surface area contributed by atoms with Crippen molar-refractivity contribution in [1.29, 1.82) is 0 Å². The predicted molar refractivity (Wildman–Crippen MR) is 46.4 cm³/mol. The molecule has 1 rings (SSSR count). The molecule has 0 amide bonds. The first-order valence-electron chi connectivity index (χ1n) is 2.68. The minimum absolute atomic E-state index is 0. The monoisotopic (exact) mass is 232 g/mol. The smallest absolute Gasteiger partial charge is 0.483 e. The van der Waals surface area contributed by atoms with E-state index in [4.69, 9.17) is 33.2 Å². The second-order valence-corrected chi connectivity index (χ2v) is 2.28. The van der Waals surface area contributed by atoms with Crippen molar-refractivity contribution in [1.82, 2.24) is 15.0 Å². The van der Waals surface area contributed by atoms with Crippen LogP contribution in [0, 0.1) is 0 Å². The molecule has 2 N–H and O–H groups in total. The van der Waals surface area contributed by atoms with E-state index in [1.54, 1.807) is 0 Å². The number of nitrogens with zero attached hydrogens (tertiary/aromatic N) is 3. The van der Waals surface area contributed by atoms with Gasteiger partial charge >= 0.3 is 13.3 Å². The molecule has 13 heavy (non-hydrogen) atoms. The number of halogens is 2. The molecule has 0 atom stereocenters. The molecule has 0 saturated heterocycles. The van der Waals surface area contributed by atoms with E-state index in [-0.39, 0.29) is 46.1 Å². The maximum Gasteiger partial charge on any atom is 0.709 e. The average Bonchev–Trinajstić information content (AvgIpc) is 1.81. The summed E-state index contributed by atoms with van der Waals surface area (Å²) in [4.78, 5) is 10.2. The van der Waals surface area contributed by atoms with Gasteiger partial charge in [-0.15, -0.1) is 0 Å². The first-order chi connectivity index (χ1) is 5.58. The van der Waals surface area contributed by atoms with Crippen LogP contribution in [-0.4, -0.2) is 61.9 Å². The fraction of sp³-hybridized carbons (Fsp3) is 0. The molecule has 1 radical (unpaired) electrons. The van der Waals surface area contributed by atoms with Crippen molar-refractivity contribution in [2.24, 2.45) is 0 Å². The van der Waals surface area contributed by atoms with Crippen molar-refractivity contribution in [2.45, 2.75) is 0 Å². The van der Waals surface area contributed by atoms with Crippen LogP contribution in [0.3, 0.4) is 0 Å². The van der Waals surface area contributed by atoms with Crippen LogP contribution in [0.25, 0.3) is 0 Å². The van der Waals surface area contributed by atoms with Crippen molar-refractivity contribution in [2.75, 3.05) is 0 Å². The summed E-state index contributed by atoms with van der Waals surface area (Å²) in [6.45, 7) is 0. The third-order valence-corrected chi connectivity index (χ3v) is 1.11. The van der Waals surface area contributed by atoms with Gasteiger partial charge in [-0.1, -0.05) is 0 Å². The van der Waals surface area contributed by atoms with Gasteiger partial charge in [0.05, 0.1) is 0 Å². The van der Waals surface area contributed by atoms with Crippen LogP contribution in [0.5, 0.6) is 6.01 Å². The van der Waals surface area contributed by atoms with Crippen LogP contribution in [0.1, 0.15) is 0 Å². The summed E-state index contributed by atoms with van der Waals surface area (Å²) in [5, 5.41) is 16.3. The van der Waals surface area contributed by atoms with Crippen molar-refractivity contribution in [3.05, 3.63) is 10.6 Å². The van der Waals surface area contributed by atoms with Crippen LogP contribution in [-0.2, 0) is 0 Å². The quantitative estimate of drug-likeness (QED) is 0.646. The van der Waals surface area contributed by atoms with E-state index in [1.807, 2.05) is 0 Å². The normalized spacial score (nSPS) is 8.92. The Hall–Kier alpha value is 0.375. The number of hydrogen-bond donors (Lipinski definition) is 2. The average molecular weight is 233 g/mol. The zero-order valence-corrected chi connectivity index (χ0v) is 9.99. The maximum atomic E-state index is 8.33. The molecule has 0 aliphatic rings. The number of aromatic nitrogens is 3. The van der Waals surface area contributed by atoms with Crippen molar-refractivity contribution in [3.8, 4) is 6.01 Å². The molecule has 0 aliphatic carbocycles. The van der Waals surface area contributed by atoms with Gasteiger partial charge in [0, 0.05) is 29.6 Å². The fourth-order valence-electron chi connectivity index (χ4n) is 0.456. The molecule has 1 heterocycles. The van der Waals surface area contributed by atoms with Crippen molar-refractivity contribution >= 4 is 60.1 Å². The van der Waals surface area contributed by atoms with Crippen LogP contribution in [0.15, 0.2) is 0 Å². The molecule has 0 fully saturated rings. The molecular weight excluding hydrogens is 231 g/mol. The Labute approximate surface area is 106 Å². The summed E-state index contributed by atoms with van der Waals surface area (Å²) in [7, 11) is -2.01. The predicted octanol–water partition coefficient (Wildman–Crippen LogP) is -0.854. The topological polar surface area (TPSA) is 88.4 Å². The summed E-state index contributed by atoms with van der Waals surface area (Å²) >= 11 is 10.7. The first kappa shape index (κ1) is 13.4. The van der Waals surface area contributed by atoms with Gasteiger partial charge < -0.3 is 14.7 Å². The first-order valence-corrected chi connectivity index (χ1v) is 3.43. The molecule has 0 bridgehead atoms. The minimum Gasteiger partial charge on any atom is -0.483 e. The molecule has 0 aromatic carbocycles. The largest absolute Gasteiger partial charge is 0.709 e. The second kappa shape index (κ2) is 5.97. The molecule has 0 unspecified atom stereocenters. The molecule has 0 saturated carbocycles. The van der Waals surface area contributed by atoms with Crippen molar-refractivity contribution < 1.29 is 14.7 Å². The van der Waals surface area contributed by atoms with Gasteiger partial charge in [0.1, 0.15) is 0 Å². The van der Waals surface area contributed by atoms with E-state index in [0.717, 1.165) is 0 Å². The van der Waals surface area contributed by atoms with E-state index >= 15 is 0 Å². The summed E-state index contributed by atoms with van der Waals surface area (Å²) in [6, 6.07) is -0.352. The molecule has 1 aromatic rings. The Morgan fingerprint density at radius 3 is 1.92 bits per heavy atom. The Bertz CT molecular complexity index is 270. The summed E-state index contributed by atoms with van der Waals surface area (Å²) in [6.07, 6.45) is 0. The molecule has 65 valence electrons. The molecule has 0 spiro atoms. The molecule has 6 nitrogen and oxygen atoms in total. The zero-order valence-electron chi connectivity index (χ0n) is 6.48. The van der Waals surface area contributed by atoms with Gasteiger partial charge in [-0.05, 0) is 23.2 Å². The Morgan fingerprint density at radius 1 is 1.08 bits per heavy atom. The van der Waals surface area contributed by atoms with Gasteiger partial charge in [-0.2, -0.15) is 15.0 Å². The van der Waals surface area contributed by atoms with E-state index in [9.17, 15) is 0 Å². The summed E-state index contributed by atoms with van der Waals surface area (Å²) in [5.74, 6) is 0. The van der Waals surface area contributed by atoms with E-state index in [0.29, 0.717) is 0 Å². The fourth-order valence-corrected chi connectivity index (χ4v) is 0.804. The second-order valence-electron chi connectivity index (χ2n) is 1.60. The van der Waals surface area contributed by atoms with Gasteiger partial charge in [0.2, 0.25) is 10.6 Å². The summed E-state index contributed by atoms with van der Waals surface area (Å²) < 4.78 is 4.26. The zero-order chi connectivity index (χ0) is 9.14. The Balaban J connectivity index is 0.00000144. The Morgan fingerprint density at radius 2 is 1.54 bits per heavy atom. The minimum atomic E-state index is -2.01. The van der Waals surface area contributed by atoms with Crippen LogP contribution in [0.4, 0.5) is 0 Å². The van der Waals surface area contributed by atoms with Crippen LogP contribution >= 0.6 is 23.2 Å². The number of rotatable bonds is 2. The van der Waals surface area contributed by atoms with Gasteiger partial charge in [-0.25, -0.2) is 0 Å². The van der Waals surface area contributed by atoms with Crippen LogP contribution < -0.4 is 4.65 Å². The van der Waals surface area contributed by atoms with E-state index < -0.39 is 7.32 Å². The SMILES string of the molecule is OB(O)Oc1nc(Cl)nc(Cl)n1.[Na]. The third-order valence-electron chi connectivity index (χ3n) is 0.771.